The summed E-state index contributed by atoms with van der Waals surface area (Å²) in [5, 5.41) is 0. The van der Waals surface area contributed by atoms with Gasteiger partial charge in [0.25, 0.3) is 0 Å². The fourth-order valence-corrected chi connectivity index (χ4v) is 1.46. The third kappa shape index (κ3) is 0.575. The summed E-state index contributed by atoms with van der Waals surface area (Å²) in [6, 6.07) is 0. The van der Waals surface area contributed by atoms with E-state index in [4.69, 9.17) is 0 Å². The lowest BCUT2D eigenvalue weighted by Crippen LogP contribution is -2.04. The molecule has 2 saturated carbocycles. The zero-order valence-electron chi connectivity index (χ0n) is 4.81. The van der Waals surface area contributed by atoms with Gasteiger partial charge in [-0.15, -0.1) is 0 Å². The van der Waals surface area contributed by atoms with Gasteiger partial charge in [-0.25, -0.2) is 0 Å². The lowest BCUT2D eigenvalue weighted by molar-refractivity contribution is -0.119. The van der Waals surface area contributed by atoms with Crippen LogP contribution in [0.2, 0.25) is 0 Å². The predicted octanol–water partition coefficient (Wildman–Crippen LogP) is 1.33. The number of hydrogen-bond acceptors (Lipinski definition) is 1. The molecule has 8 heavy (non-hydrogen) atoms. The van der Waals surface area contributed by atoms with Gasteiger partial charge in [0.1, 0.15) is 5.78 Å². The van der Waals surface area contributed by atoms with Gasteiger partial charge in [0.2, 0.25) is 0 Å². The van der Waals surface area contributed by atoms with Gasteiger partial charge in [0, 0.05) is 12.8 Å². The molecule has 0 amide bonds. The Balaban J connectivity index is 2.02. The second-order valence-corrected chi connectivity index (χ2v) is 2.80. The fourth-order valence-electron chi connectivity index (χ4n) is 1.46. The smallest absolute Gasteiger partial charge is 0.133 e. The third-order valence-electron chi connectivity index (χ3n) is 2.12. The average Bonchev–Trinajstić information content (AvgIpc) is 2.43. The Bertz CT molecular complexity index is 128. The van der Waals surface area contributed by atoms with E-state index in [0.29, 0.717) is 5.78 Å². The third-order valence-corrected chi connectivity index (χ3v) is 2.12. The van der Waals surface area contributed by atoms with Crippen LogP contribution in [0.25, 0.3) is 0 Å². The minimum absolute atomic E-state index is 0.483. The van der Waals surface area contributed by atoms with E-state index in [-0.39, 0.29) is 0 Å². The van der Waals surface area contributed by atoms with Crippen molar-refractivity contribution in [2.75, 3.05) is 0 Å². The summed E-state index contributed by atoms with van der Waals surface area (Å²) in [5.41, 5.74) is 0. The van der Waals surface area contributed by atoms with E-state index in [9.17, 15) is 4.79 Å². The highest BCUT2D eigenvalue weighted by Gasteiger charge is 2.41. The SMILES string of the molecule is O=C1CC[C]2C[C@H]2C1. The molecule has 0 saturated heterocycles. The molecule has 0 unspecified atom stereocenters. The van der Waals surface area contributed by atoms with Crippen molar-refractivity contribution in [1.29, 1.82) is 0 Å². The maximum absolute atomic E-state index is 10.7. The van der Waals surface area contributed by atoms with Gasteiger partial charge in [-0.1, -0.05) is 0 Å². The number of fused-ring (bicyclic) bond motifs is 1. The Morgan fingerprint density at radius 2 is 2.12 bits per heavy atom. The zero-order chi connectivity index (χ0) is 5.56. The number of hydrogen-bond donors (Lipinski definition) is 0. The van der Waals surface area contributed by atoms with Crippen LogP contribution >= 0.6 is 0 Å². The quantitative estimate of drug-likeness (QED) is 0.458. The maximum Gasteiger partial charge on any atom is 0.133 e. The molecule has 0 aromatic carbocycles. The Hall–Kier alpha value is -0.330. The predicted molar refractivity (Wildman–Crippen MR) is 30.2 cm³/mol. The van der Waals surface area contributed by atoms with Crippen LogP contribution in [-0.4, -0.2) is 5.78 Å². The van der Waals surface area contributed by atoms with Crippen molar-refractivity contribution in [1.82, 2.24) is 0 Å². The van der Waals surface area contributed by atoms with E-state index < -0.39 is 0 Å². The standard InChI is InChI=1S/C7H9O/c8-7-2-1-5-3-6(5)4-7/h6H,1-4H2/t6-/m0/s1. The summed E-state index contributed by atoms with van der Waals surface area (Å²) in [6.07, 6.45) is 4.09. The average molecular weight is 109 g/mol. The van der Waals surface area contributed by atoms with Crippen LogP contribution in [0.1, 0.15) is 25.7 Å². The summed E-state index contributed by atoms with van der Waals surface area (Å²) < 4.78 is 0. The summed E-state index contributed by atoms with van der Waals surface area (Å²) in [5.74, 6) is 2.89. The first-order chi connectivity index (χ1) is 3.86. The first kappa shape index (κ1) is 4.54. The molecule has 0 aromatic heterocycles. The minimum atomic E-state index is 0.483. The van der Waals surface area contributed by atoms with Gasteiger partial charge in [0.15, 0.2) is 0 Å². The Morgan fingerprint density at radius 1 is 1.25 bits per heavy atom. The van der Waals surface area contributed by atoms with Crippen molar-refractivity contribution in [3.63, 3.8) is 0 Å². The highest BCUT2D eigenvalue weighted by Crippen LogP contribution is 2.50. The second-order valence-electron chi connectivity index (χ2n) is 2.80. The van der Waals surface area contributed by atoms with E-state index in [1.807, 2.05) is 0 Å². The van der Waals surface area contributed by atoms with Crippen LogP contribution in [0.3, 0.4) is 0 Å². The molecular formula is C7H9O. The molecule has 0 heterocycles. The van der Waals surface area contributed by atoms with Crippen LogP contribution in [-0.2, 0) is 4.79 Å². The van der Waals surface area contributed by atoms with Gasteiger partial charge in [-0.05, 0) is 24.7 Å². The molecule has 1 radical (unpaired) electrons. The van der Waals surface area contributed by atoms with Gasteiger partial charge < -0.3 is 0 Å². The van der Waals surface area contributed by atoms with Crippen molar-refractivity contribution in [2.24, 2.45) is 5.92 Å². The first-order valence-corrected chi connectivity index (χ1v) is 3.22. The fraction of sp³-hybridized carbons (Fsp3) is 0.714. The number of ketones is 1. The monoisotopic (exact) mass is 109 g/mol. The molecule has 0 aliphatic heterocycles. The maximum atomic E-state index is 10.7. The van der Waals surface area contributed by atoms with E-state index in [2.05, 4.69) is 0 Å². The topological polar surface area (TPSA) is 17.1 Å². The molecule has 2 aliphatic rings. The molecule has 2 aliphatic carbocycles. The van der Waals surface area contributed by atoms with Gasteiger partial charge in [-0.2, -0.15) is 0 Å². The van der Waals surface area contributed by atoms with Crippen LogP contribution in [0.5, 0.6) is 0 Å². The Labute approximate surface area is 49.1 Å². The van der Waals surface area contributed by atoms with E-state index in [0.717, 1.165) is 25.2 Å². The molecule has 2 fully saturated rings. The molecule has 1 heteroatoms. The lowest BCUT2D eigenvalue weighted by Gasteiger charge is -2.04. The first-order valence-electron chi connectivity index (χ1n) is 3.22. The highest BCUT2D eigenvalue weighted by atomic mass is 16.1. The van der Waals surface area contributed by atoms with Gasteiger partial charge >= 0.3 is 0 Å². The Kier molecular flexibility index (Phi) is 0.758. The highest BCUT2D eigenvalue weighted by molar-refractivity contribution is 5.81. The van der Waals surface area contributed by atoms with Crippen molar-refractivity contribution in [3.05, 3.63) is 5.92 Å². The van der Waals surface area contributed by atoms with Crippen LogP contribution in [0, 0.1) is 11.8 Å². The molecule has 0 spiro atoms. The zero-order valence-corrected chi connectivity index (χ0v) is 4.81. The molecule has 0 bridgehead atoms. The summed E-state index contributed by atoms with van der Waals surface area (Å²) in [6.45, 7) is 0. The molecule has 1 nitrogen and oxygen atoms in total. The van der Waals surface area contributed by atoms with Crippen molar-refractivity contribution in [3.8, 4) is 0 Å². The molecule has 0 aromatic rings. The van der Waals surface area contributed by atoms with Crippen molar-refractivity contribution in [2.45, 2.75) is 25.7 Å². The van der Waals surface area contributed by atoms with E-state index >= 15 is 0 Å². The van der Waals surface area contributed by atoms with Gasteiger partial charge in [-0.3, -0.25) is 4.79 Å². The van der Waals surface area contributed by atoms with Crippen LogP contribution < -0.4 is 0 Å². The van der Waals surface area contributed by atoms with Gasteiger partial charge in [0.05, 0.1) is 0 Å². The number of carbonyl (C=O) groups excluding carboxylic acids is 1. The molecule has 2 rings (SSSR count). The van der Waals surface area contributed by atoms with Crippen molar-refractivity contribution < 1.29 is 4.79 Å². The second kappa shape index (κ2) is 1.34. The summed E-state index contributed by atoms with van der Waals surface area (Å²) in [7, 11) is 0. The molecular weight excluding hydrogens is 100 g/mol. The van der Waals surface area contributed by atoms with Crippen molar-refractivity contribution >= 4 is 5.78 Å². The van der Waals surface area contributed by atoms with Crippen LogP contribution in [0.4, 0.5) is 0 Å². The van der Waals surface area contributed by atoms with E-state index in [1.165, 1.54) is 6.42 Å². The minimum Gasteiger partial charge on any atom is -0.300 e. The molecule has 43 valence electrons. The lowest BCUT2D eigenvalue weighted by atomic mass is 10.00. The summed E-state index contributed by atoms with van der Waals surface area (Å²) in [4.78, 5) is 10.7. The van der Waals surface area contributed by atoms with Crippen LogP contribution in [0.15, 0.2) is 0 Å². The number of Topliss-reactive ketones (excluding diaryl/α,β-unsaturated/α-hetero) is 1. The van der Waals surface area contributed by atoms with E-state index in [1.54, 1.807) is 5.92 Å². The molecule has 1 atom stereocenters. The molecule has 0 N–H and O–H groups in total. The Morgan fingerprint density at radius 3 is 2.75 bits per heavy atom. The number of rotatable bonds is 0. The number of carbonyl (C=O) groups is 1. The summed E-state index contributed by atoms with van der Waals surface area (Å²) >= 11 is 0. The largest absolute Gasteiger partial charge is 0.300 e. The normalized spacial score (nSPS) is 37.0.